The first kappa shape index (κ1) is 22.0. The maximum absolute atomic E-state index is 12.9. The largest absolute Gasteiger partial charge is 0.274 e. The lowest BCUT2D eigenvalue weighted by Crippen LogP contribution is -2.29. The Labute approximate surface area is 184 Å². The third kappa shape index (κ3) is 5.33. The van der Waals surface area contributed by atoms with Crippen LogP contribution >= 0.6 is 0 Å². The molecule has 1 aliphatic heterocycles. The van der Waals surface area contributed by atoms with E-state index >= 15 is 0 Å². The summed E-state index contributed by atoms with van der Waals surface area (Å²) in [6.07, 6.45) is 10.4. The standard InChI is InChI=1S/C24H31N3O3S/c28-24(27-19-5-4-10-23(27)25-21-8-2-1-3-9-21)16-13-20-11-14-22(15-12-20)31(29,30)26-17-6-7-18-26/h4-5,10-12,14-15,19,21H,1-3,6-9,13,16-18H2. The Morgan fingerprint density at radius 2 is 1.65 bits per heavy atom. The second-order valence-corrected chi connectivity index (χ2v) is 10.4. The maximum Gasteiger partial charge on any atom is 0.243 e. The molecule has 1 aliphatic carbocycles. The van der Waals surface area contributed by atoms with Gasteiger partial charge in [0.1, 0.15) is 5.49 Å². The van der Waals surface area contributed by atoms with Gasteiger partial charge in [-0.1, -0.05) is 37.5 Å². The molecule has 1 aromatic heterocycles. The SMILES string of the molecule is O=C(CCc1ccc(S(=O)(=O)N2CCCC2)cc1)n1ccccc1=NC1CCCCC1. The Kier molecular flexibility index (Phi) is 7.02. The molecule has 0 atom stereocenters. The molecule has 2 fully saturated rings. The number of benzene rings is 1. The fraction of sp³-hybridized carbons (Fsp3) is 0.500. The van der Waals surface area contributed by atoms with Crippen LogP contribution in [0.3, 0.4) is 0 Å². The Bertz CT molecular complexity index is 1060. The number of carbonyl (C=O) groups is 1. The molecule has 0 radical (unpaired) electrons. The number of rotatable bonds is 6. The van der Waals surface area contributed by atoms with Crippen molar-refractivity contribution in [3.8, 4) is 0 Å². The first-order valence-corrected chi connectivity index (χ1v) is 12.8. The van der Waals surface area contributed by atoms with Gasteiger partial charge in [0.05, 0.1) is 10.9 Å². The molecule has 0 spiro atoms. The number of sulfonamides is 1. The summed E-state index contributed by atoms with van der Waals surface area (Å²) in [7, 11) is -3.40. The number of carbonyl (C=O) groups excluding carboxylic acids is 1. The predicted molar refractivity (Wildman–Crippen MR) is 120 cm³/mol. The van der Waals surface area contributed by atoms with Crippen molar-refractivity contribution >= 4 is 15.9 Å². The van der Waals surface area contributed by atoms with Crippen molar-refractivity contribution in [2.24, 2.45) is 4.99 Å². The zero-order valence-corrected chi connectivity index (χ0v) is 18.8. The molecular formula is C24H31N3O3S. The van der Waals surface area contributed by atoms with Crippen LogP contribution in [-0.4, -0.2) is 42.3 Å². The van der Waals surface area contributed by atoms with E-state index in [-0.39, 0.29) is 5.91 Å². The van der Waals surface area contributed by atoms with Crippen molar-refractivity contribution in [2.75, 3.05) is 13.1 Å². The van der Waals surface area contributed by atoms with Gasteiger partial charge < -0.3 is 0 Å². The van der Waals surface area contributed by atoms with Crippen molar-refractivity contribution in [1.82, 2.24) is 8.87 Å². The van der Waals surface area contributed by atoms with Crippen LogP contribution in [-0.2, 0) is 16.4 Å². The highest BCUT2D eigenvalue weighted by Crippen LogP contribution is 2.22. The van der Waals surface area contributed by atoms with Crippen LogP contribution in [0.1, 0.15) is 61.7 Å². The molecule has 2 heterocycles. The number of nitrogens with zero attached hydrogens (tertiary/aromatic N) is 3. The molecule has 0 bridgehead atoms. The fourth-order valence-electron chi connectivity index (χ4n) is 4.42. The summed E-state index contributed by atoms with van der Waals surface area (Å²) in [6.45, 7) is 1.20. The van der Waals surface area contributed by atoms with Crippen molar-refractivity contribution in [3.05, 3.63) is 59.7 Å². The van der Waals surface area contributed by atoms with E-state index in [9.17, 15) is 13.2 Å². The molecule has 1 aromatic carbocycles. The van der Waals surface area contributed by atoms with Crippen LogP contribution in [0, 0.1) is 0 Å². The van der Waals surface area contributed by atoms with Gasteiger partial charge in [-0.15, -0.1) is 0 Å². The quantitative estimate of drug-likeness (QED) is 0.685. The highest BCUT2D eigenvalue weighted by Gasteiger charge is 2.26. The molecule has 1 saturated carbocycles. The van der Waals surface area contributed by atoms with Crippen LogP contribution in [0.2, 0.25) is 0 Å². The molecule has 166 valence electrons. The molecule has 2 aromatic rings. The number of hydrogen-bond acceptors (Lipinski definition) is 4. The summed E-state index contributed by atoms with van der Waals surface area (Å²) in [5.74, 6) is 0.00363. The average molecular weight is 442 g/mol. The number of aryl methyl sites for hydroxylation is 1. The van der Waals surface area contributed by atoms with E-state index in [2.05, 4.69) is 0 Å². The average Bonchev–Trinajstić information content (AvgIpc) is 3.35. The molecule has 0 unspecified atom stereocenters. The first-order valence-electron chi connectivity index (χ1n) is 11.4. The van der Waals surface area contributed by atoms with Crippen LogP contribution in [0.25, 0.3) is 0 Å². The summed E-state index contributed by atoms with van der Waals surface area (Å²) in [4.78, 5) is 18.1. The van der Waals surface area contributed by atoms with Gasteiger partial charge in [-0.3, -0.25) is 14.4 Å². The van der Waals surface area contributed by atoms with Gasteiger partial charge in [0.15, 0.2) is 0 Å². The Balaban J connectivity index is 1.42. The smallest absolute Gasteiger partial charge is 0.243 e. The lowest BCUT2D eigenvalue weighted by Gasteiger charge is -2.17. The first-order chi connectivity index (χ1) is 15.0. The van der Waals surface area contributed by atoms with Gasteiger partial charge >= 0.3 is 0 Å². The van der Waals surface area contributed by atoms with Crippen molar-refractivity contribution < 1.29 is 13.2 Å². The topological polar surface area (TPSA) is 71.7 Å². The number of pyridine rings is 1. The van der Waals surface area contributed by atoms with Crippen LogP contribution < -0.4 is 5.49 Å². The second kappa shape index (κ2) is 9.92. The highest BCUT2D eigenvalue weighted by atomic mass is 32.2. The molecule has 6 nitrogen and oxygen atoms in total. The number of hydrogen-bond donors (Lipinski definition) is 0. The van der Waals surface area contributed by atoms with Gasteiger partial charge in [0.25, 0.3) is 0 Å². The molecule has 4 rings (SSSR count). The zero-order chi connectivity index (χ0) is 21.7. The van der Waals surface area contributed by atoms with Crippen molar-refractivity contribution in [3.63, 3.8) is 0 Å². The van der Waals surface area contributed by atoms with Gasteiger partial charge in [-0.05, 0) is 61.9 Å². The van der Waals surface area contributed by atoms with Crippen LogP contribution in [0.4, 0.5) is 0 Å². The van der Waals surface area contributed by atoms with Gasteiger partial charge in [0.2, 0.25) is 15.9 Å². The lowest BCUT2D eigenvalue weighted by atomic mass is 9.96. The van der Waals surface area contributed by atoms with Crippen LogP contribution in [0.15, 0.2) is 58.5 Å². The minimum atomic E-state index is -3.40. The Morgan fingerprint density at radius 1 is 0.935 bits per heavy atom. The summed E-state index contributed by atoms with van der Waals surface area (Å²) in [5.41, 5.74) is 1.68. The summed E-state index contributed by atoms with van der Waals surface area (Å²) < 4.78 is 28.5. The van der Waals surface area contributed by atoms with E-state index in [1.165, 1.54) is 19.3 Å². The summed E-state index contributed by atoms with van der Waals surface area (Å²) in [5, 5.41) is 0. The fourth-order valence-corrected chi connectivity index (χ4v) is 5.94. The van der Waals surface area contributed by atoms with E-state index in [0.29, 0.717) is 36.9 Å². The zero-order valence-electron chi connectivity index (χ0n) is 17.9. The Morgan fingerprint density at radius 3 is 2.35 bits per heavy atom. The minimum Gasteiger partial charge on any atom is -0.274 e. The third-order valence-electron chi connectivity index (χ3n) is 6.25. The Hall–Kier alpha value is -2.25. The monoisotopic (exact) mass is 441 g/mol. The molecule has 0 N–H and O–H groups in total. The molecule has 0 amide bonds. The molecular weight excluding hydrogens is 410 g/mol. The molecule has 1 saturated heterocycles. The predicted octanol–water partition coefficient (Wildman–Crippen LogP) is 3.78. The van der Waals surface area contributed by atoms with Crippen molar-refractivity contribution in [2.45, 2.75) is 68.7 Å². The van der Waals surface area contributed by atoms with Gasteiger partial charge in [-0.25, -0.2) is 8.42 Å². The van der Waals surface area contributed by atoms with Crippen molar-refractivity contribution in [1.29, 1.82) is 0 Å². The van der Waals surface area contributed by atoms with E-state index in [1.54, 1.807) is 27.2 Å². The highest BCUT2D eigenvalue weighted by molar-refractivity contribution is 7.89. The van der Waals surface area contributed by atoms with E-state index in [1.807, 2.05) is 30.3 Å². The van der Waals surface area contributed by atoms with E-state index in [0.717, 1.165) is 36.7 Å². The van der Waals surface area contributed by atoms with E-state index in [4.69, 9.17) is 4.99 Å². The minimum absolute atomic E-state index is 0.00363. The second-order valence-electron chi connectivity index (χ2n) is 8.50. The number of aromatic nitrogens is 1. The summed E-state index contributed by atoms with van der Waals surface area (Å²) in [6, 6.07) is 12.9. The lowest BCUT2D eigenvalue weighted by molar-refractivity contribution is 0.0897. The normalized spacial score (nSPS) is 19.0. The van der Waals surface area contributed by atoms with Crippen LogP contribution in [0.5, 0.6) is 0 Å². The van der Waals surface area contributed by atoms with Gasteiger partial charge in [0, 0.05) is 25.7 Å². The molecule has 31 heavy (non-hydrogen) atoms. The third-order valence-corrected chi connectivity index (χ3v) is 8.16. The maximum atomic E-state index is 12.9. The molecule has 2 aliphatic rings. The van der Waals surface area contributed by atoms with Gasteiger partial charge in [-0.2, -0.15) is 4.31 Å². The van der Waals surface area contributed by atoms with E-state index < -0.39 is 10.0 Å². The molecule has 7 heteroatoms. The summed E-state index contributed by atoms with van der Waals surface area (Å²) >= 11 is 0.